The second-order valence-electron chi connectivity index (χ2n) is 3.49. The molecule has 102 valence electrons. The Morgan fingerprint density at radius 1 is 1.26 bits per heavy atom. The number of nitrogens with zero attached hydrogens (tertiary/aromatic N) is 2. The average molecular weight is 283 g/mol. The fourth-order valence-corrected chi connectivity index (χ4v) is 2.22. The van der Waals surface area contributed by atoms with Crippen LogP contribution in [0.1, 0.15) is 0 Å². The van der Waals surface area contributed by atoms with Crippen molar-refractivity contribution in [3.8, 4) is 5.88 Å². The molecule has 2 rings (SSSR count). The summed E-state index contributed by atoms with van der Waals surface area (Å²) in [6, 6.07) is 9.62. The molecule has 2 aromatic rings. The van der Waals surface area contributed by atoms with Crippen LogP contribution in [0, 0.1) is 0 Å². The van der Waals surface area contributed by atoms with Crippen molar-refractivity contribution in [2.45, 2.75) is 4.90 Å². The van der Waals surface area contributed by atoms with Crippen LogP contribution < -0.4 is 14.3 Å². The zero-order valence-corrected chi connectivity index (χ0v) is 11.0. The third-order valence-electron chi connectivity index (χ3n) is 2.25. The molecule has 19 heavy (non-hydrogen) atoms. The van der Waals surface area contributed by atoms with Crippen LogP contribution in [0.3, 0.4) is 0 Å². The van der Waals surface area contributed by atoms with Gasteiger partial charge in [0.05, 0.1) is 18.2 Å². The normalized spacial score (nSPS) is 11.2. The number of ether oxygens (including phenoxy) is 1. The Labute approximate surface area is 110 Å². The van der Waals surface area contributed by atoms with Gasteiger partial charge in [-0.15, -0.1) is 4.85 Å². The number of hydrogen-bond acceptors (Lipinski definition) is 5. The van der Waals surface area contributed by atoms with Crippen LogP contribution in [-0.4, -0.2) is 32.2 Å². The van der Waals surface area contributed by atoms with Crippen LogP contribution in [-0.2, 0) is 10.0 Å². The van der Waals surface area contributed by atoms with E-state index in [0.29, 0.717) is 5.88 Å². The summed E-state index contributed by atoms with van der Waals surface area (Å²) in [5.74, 6) is 0.380. The van der Waals surface area contributed by atoms with Gasteiger partial charge in [0.25, 0.3) is 0 Å². The minimum Gasteiger partial charge on any atom is -0.480 e. The van der Waals surface area contributed by atoms with E-state index in [9.17, 15) is 8.42 Å². The molecule has 0 bridgehead atoms. The van der Waals surface area contributed by atoms with Crippen molar-refractivity contribution < 1.29 is 18.0 Å². The zero-order chi connectivity index (χ0) is 13.7. The molecule has 0 atom stereocenters. The molecule has 0 spiro atoms. The summed E-state index contributed by atoms with van der Waals surface area (Å²) >= 11 is 0. The molecule has 0 aliphatic carbocycles. The first-order valence-corrected chi connectivity index (χ1v) is 6.88. The van der Waals surface area contributed by atoms with E-state index in [1.807, 2.05) is 0 Å². The molecule has 0 unspecified atom stereocenters. The van der Waals surface area contributed by atoms with E-state index < -0.39 is 10.0 Å². The third kappa shape index (κ3) is 3.46. The highest BCUT2D eigenvalue weighted by molar-refractivity contribution is 7.89. The molecule has 0 saturated carbocycles. The van der Waals surface area contributed by atoms with Gasteiger partial charge in [0.15, 0.2) is 6.73 Å². The number of sulfonamides is 1. The van der Waals surface area contributed by atoms with Crippen molar-refractivity contribution in [3.63, 3.8) is 0 Å². The lowest BCUT2D eigenvalue weighted by atomic mass is 10.4. The molecule has 1 aromatic heterocycles. The number of nitrogens with one attached hydrogen (secondary N) is 1. The number of aromatic nitrogens is 2. The zero-order valence-electron chi connectivity index (χ0n) is 10.2. The maximum atomic E-state index is 11.8. The van der Waals surface area contributed by atoms with Crippen LogP contribution >= 0.6 is 0 Å². The van der Waals surface area contributed by atoms with Gasteiger partial charge in [-0.3, -0.25) is 0 Å². The summed E-state index contributed by atoms with van der Waals surface area (Å²) in [7, 11) is -2.10. The second-order valence-corrected chi connectivity index (χ2v) is 5.26. The van der Waals surface area contributed by atoms with E-state index in [1.54, 1.807) is 24.3 Å². The Morgan fingerprint density at radius 2 is 2.00 bits per heavy atom. The topological polar surface area (TPSA) is 82.5 Å². The minimum absolute atomic E-state index is 0.177. The number of hydrogen-bond donors (Lipinski definition) is 1. The molecule has 0 radical (unpaired) electrons. The summed E-state index contributed by atoms with van der Waals surface area (Å²) in [5, 5.41) is 3.86. The first kappa shape index (κ1) is 13.4. The summed E-state index contributed by atoms with van der Waals surface area (Å²) in [6.45, 7) is -0.234. The first-order valence-electron chi connectivity index (χ1n) is 5.39. The third-order valence-corrected chi connectivity index (χ3v) is 3.64. The van der Waals surface area contributed by atoms with E-state index in [0.717, 1.165) is 4.85 Å². The SMILES string of the molecule is COc1ccn(OCNS(=O)(=O)c2ccccc2)n1. The lowest BCUT2D eigenvalue weighted by molar-refractivity contribution is 0.0772. The highest BCUT2D eigenvalue weighted by Gasteiger charge is 2.12. The standard InChI is InChI=1S/C11H13N3O4S/c1-17-11-7-8-14(13-11)18-9-12-19(15,16)10-5-3-2-4-6-10/h2-8,12H,9H2,1H3. The Bertz CT molecular complexity index is 624. The molecule has 7 nitrogen and oxygen atoms in total. The Hall–Kier alpha value is -2.06. The number of rotatable bonds is 6. The predicted octanol–water partition coefficient (Wildman–Crippen LogP) is 0.256. The van der Waals surface area contributed by atoms with Crippen LogP contribution in [0.25, 0.3) is 0 Å². The highest BCUT2D eigenvalue weighted by Crippen LogP contribution is 2.06. The van der Waals surface area contributed by atoms with Crippen molar-refractivity contribution >= 4 is 10.0 Å². The molecule has 0 aliphatic heterocycles. The summed E-state index contributed by atoms with van der Waals surface area (Å²) in [4.78, 5) is 6.38. The summed E-state index contributed by atoms with van der Waals surface area (Å²) < 4.78 is 30.8. The van der Waals surface area contributed by atoms with Crippen molar-refractivity contribution in [1.29, 1.82) is 0 Å². The second kappa shape index (κ2) is 5.72. The van der Waals surface area contributed by atoms with Crippen molar-refractivity contribution in [1.82, 2.24) is 14.7 Å². The molecule has 0 fully saturated rings. The molecule has 1 N–H and O–H groups in total. The monoisotopic (exact) mass is 283 g/mol. The summed E-state index contributed by atoms with van der Waals surface area (Å²) in [6.07, 6.45) is 1.51. The van der Waals surface area contributed by atoms with Gasteiger partial charge in [0.1, 0.15) is 0 Å². The molecule has 0 aliphatic rings. The van der Waals surface area contributed by atoms with Crippen molar-refractivity contribution in [2.24, 2.45) is 0 Å². The lowest BCUT2D eigenvalue weighted by Gasteiger charge is -2.07. The fraction of sp³-hybridized carbons (Fsp3) is 0.182. The number of benzene rings is 1. The van der Waals surface area contributed by atoms with Gasteiger partial charge >= 0.3 is 0 Å². The Morgan fingerprint density at radius 3 is 2.63 bits per heavy atom. The first-order chi connectivity index (χ1) is 9.12. The smallest absolute Gasteiger partial charge is 0.243 e. The lowest BCUT2D eigenvalue weighted by Crippen LogP contribution is -2.31. The molecule has 0 saturated heterocycles. The van der Waals surface area contributed by atoms with Crippen LogP contribution in [0.2, 0.25) is 0 Å². The maximum absolute atomic E-state index is 11.8. The largest absolute Gasteiger partial charge is 0.480 e. The van der Waals surface area contributed by atoms with E-state index in [4.69, 9.17) is 9.57 Å². The Kier molecular flexibility index (Phi) is 4.03. The van der Waals surface area contributed by atoms with Gasteiger partial charge in [-0.05, 0) is 12.1 Å². The van der Waals surface area contributed by atoms with Gasteiger partial charge in [-0.25, -0.2) is 8.42 Å². The molecular formula is C11H13N3O4S. The molecular weight excluding hydrogens is 270 g/mol. The van der Waals surface area contributed by atoms with Crippen molar-refractivity contribution in [2.75, 3.05) is 13.8 Å². The summed E-state index contributed by atoms with van der Waals surface area (Å²) in [5.41, 5.74) is 0. The molecule has 1 heterocycles. The van der Waals surface area contributed by atoms with Gasteiger partial charge in [-0.1, -0.05) is 23.3 Å². The highest BCUT2D eigenvalue weighted by atomic mass is 32.2. The number of methoxy groups -OCH3 is 1. The maximum Gasteiger partial charge on any atom is 0.243 e. The van der Waals surface area contributed by atoms with Crippen LogP contribution in [0.15, 0.2) is 47.5 Å². The van der Waals surface area contributed by atoms with E-state index in [-0.39, 0.29) is 11.6 Å². The van der Waals surface area contributed by atoms with E-state index in [1.165, 1.54) is 25.4 Å². The van der Waals surface area contributed by atoms with Gasteiger partial charge in [0.2, 0.25) is 15.9 Å². The Balaban J connectivity index is 1.92. The van der Waals surface area contributed by atoms with Gasteiger partial charge in [0, 0.05) is 6.07 Å². The predicted molar refractivity (Wildman–Crippen MR) is 67.0 cm³/mol. The van der Waals surface area contributed by atoms with E-state index >= 15 is 0 Å². The van der Waals surface area contributed by atoms with E-state index in [2.05, 4.69) is 9.82 Å². The molecule has 1 aromatic carbocycles. The van der Waals surface area contributed by atoms with Crippen LogP contribution in [0.5, 0.6) is 5.88 Å². The molecule has 0 amide bonds. The molecule has 8 heteroatoms. The van der Waals surface area contributed by atoms with Crippen molar-refractivity contribution in [3.05, 3.63) is 42.6 Å². The fourth-order valence-electron chi connectivity index (χ4n) is 1.33. The van der Waals surface area contributed by atoms with Gasteiger partial charge in [-0.2, -0.15) is 4.72 Å². The minimum atomic E-state index is -3.58. The van der Waals surface area contributed by atoms with Gasteiger partial charge < -0.3 is 9.57 Å². The average Bonchev–Trinajstić information content (AvgIpc) is 2.87. The quantitative estimate of drug-likeness (QED) is 0.769. The van der Waals surface area contributed by atoms with Crippen LogP contribution in [0.4, 0.5) is 0 Å².